The van der Waals surface area contributed by atoms with Gasteiger partial charge in [-0.2, -0.15) is 5.10 Å². The van der Waals surface area contributed by atoms with Gasteiger partial charge in [-0.3, -0.25) is 9.59 Å². The van der Waals surface area contributed by atoms with Crippen LogP contribution in [0.15, 0.2) is 60.1 Å². The maximum atomic E-state index is 12.6. The zero-order valence-electron chi connectivity index (χ0n) is 17.8. The van der Waals surface area contributed by atoms with Crippen LogP contribution >= 0.6 is 0 Å². The molecule has 9 heteroatoms. The molecule has 0 saturated carbocycles. The van der Waals surface area contributed by atoms with E-state index in [4.69, 9.17) is 9.47 Å². The van der Waals surface area contributed by atoms with Gasteiger partial charge in [0, 0.05) is 30.3 Å². The number of aromatic nitrogens is 2. The average molecular weight is 433 g/mol. The van der Waals surface area contributed by atoms with E-state index in [-0.39, 0.29) is 24.1 Å². The van der Waals surface area contributed by atoms with Gasteiger partial charge in [0.2, 0.25) is 5.91 Å². The van der Waals surface area contributed by atoms with E-state index >= 15 is 0 Å². The summed E-state index contributed by atoms with van der Waals surface area (Å²) in [4.78, 5) is 31.7. The van der Waals surface area contributed by atoms with Gasteiger partial charge in [0.25, 0.3) is 5.91 Å². The first kappa shape index (κ1) is 21.1. The molecule has 4 rings (SSSR count). The fourth-order valence-electron chi connectivity index (χ4n) is 3.46. The fraction of sp³-hybridized carbons (Fsp3) is 0.217. The van der Waals surface area contributed by atoms with E-state index < -0.39 is 0 Å². The lowest BCUT2D eigenvalue weighted by Gasteiger charge is -2.25. The molecule has 0 bridgehead atoms. The van der Waals surface area contributed by atoms with Gasteiger partial charge in [0.15, 0.2) is 11.5 Å². The number of carbonyl (C=O) groups is 2. The van der Waals surface area contributed by atoms with Gasteiger partial charge in [-0.1, -0.05) is 18.2 Å². The Morgan fingerprint density at radius 2 is 1.94 bits per heavy atom. The average Bonchev–Trinajstić information content (AvgIpc) is 3.36. The predicted octanol–water partition coefficient (Wildman–Crippen LogP) is 3.21. The molecule has 0 radical (unpaired) electrons. The molecular weight excluding hydrogens is 410 g/mol. The van der Waals surface area contributed by atoms with Crippen LogP contribution in [0.5, 0.6) is 11.5 Å². The van der Waals surface area contributed by atoms with Crippen LogP contribution < -0.4 is 14.8 Å². The monoisotopic (exact) mass is 433 g/mol. The number of rotatable bonds is 7. The van der Waals surface area contributed by atoms with Crippen LogP contribution in [-0.2, 0) is 11.3 Å². The van der Waals surface area contributed by atoms with Crippen molar-refractivity contribution in [3.05, 3.63) is 71.8 Å². The molecule has 0 saturated heterocycles. The minimum absolute atomic E-state index is 0.0809. The van der Waals surface area contributed by atoms with Crippen molar-refractivity contribution < 1.29 is 19.1 Å². The molecule has 1 aromatic heterocycles. The topological polar surface area (TPSA) is 109 Å². The summed E-state index contributed by atoms with van der Waals surface area (Å²) in [6, 6.07) is 12.9. The summed E-state index contributed by atoms with van der Waals surface area (Å²) in [6.45, 7) is 0.229. The maximum Gasteiger partial charge on any atom is 0.275 e. The number of benzene rings is 2. The number of nitrogens with zero attached hydrogens (tertiary/aromatic N) is 3. The molecular formula is C23H23N5O4. The second kappa shape index (κ2) is 9.34. The molecule has 0 fully saturated rings. The number of para-hydroxylation sites is 1. The third-order valence-corrected chi connectivity index (χ3v) is 5.14. The number of anilines is 1. The van der Waals surface area contributed by atoms with Crippen LogP contribution in [0.3, 0.4) is 0 Å². The second-order valence-electron chi connectivity index (χ2n) is 7.13. The molecule has 0 aliphatic carbocycles. The quantitative estimate of drug-likeness (QED) is 0.595. The maximum absolute atomic E-state index is 12.6. The molecule has 164 valence electrons. The van der Waals surface area contributed by atoms with Crippen molar-refractivity contribution in [2.75, 3.05) is 19.5 Å². The summed E-state index contributed by atoms with van der Waals surface area (Å²) in [6.07, 6.45) is 3.83. The summed E-state index contributed by atoms with van der Waals surface area (Å²) in [5, 5.41) is 8.89. The molecule has 32 heavy (non-hydrogen) atoms. The smallest absolute Gasteiger partial charge is 0.275 e. The third kappa shape index (κ3) is 4.46. The zero-order valence-corrected chi connectivity index (χ0v) is 17.8. The zero-order chi connectivity index (χ0) is 22.5. The lowest BCUT2D eigenvalue weighted by Crippen LogP contribution is -2.32. The fourth-order valence-corrected chi connectivity index (χ4v) is 3.46. The van der Waals surface area contributed by atoms with E-state index in [0.29, 0.717) is 30.0 Å². The van der Waals surface area contributed by atoms with Gasteiger partial charge in [-0.25, -0.2) is 9.99 Å². The van der Waals surface area contributed by atoms with Gasteiger partial charge in [-0.15, -0.1) is 0 Å². The van der Waals surface area contributed by atoms with Crippen LogP contribution in [0.4, 0.5) is 5.69 Å². The predicted molar refractivity (Wildman–Crippen MR) is 119 cm³/mol. The highest BCUT2D eigenvalue weighted by molar-refractivity contribution is 6.05. The number of nitrogens with one attached hydrogen (secondary N) is 2. The Morgan fingerprint density at radius 3 is 2.69 bits per heavy atom. The molecule has 2 N–H and O–H groups in total. The SMILES string of the molecule is COc1ccc(C2=NN(Cc3ccccc3NC(=O)c3c[nH]cn3)C(=O)CC2)cc1OC. The molecule has 1 aliphatic rings. The number of hydrogen-bond donors (Lipinski definition) is 2. The van der Waals surface area contributed by atoms with Crippen molar-refractivity contribution in [1.82, 2.24) is 15.0 Å². The van der Waals surface area contributed by atoms with E-state index in [1.807, 2.05) is 36.4 Å². The van der Waals surface area contributed by atoms with Gasteiger partial charge in [-0.05, 0) is 29.8 Å². The number of hydrogen-bond acceptors (Lipinski definition) is 6. The first-order valence-corrected chi connectivity index (χ1v) is 10.1. The van der Waals surface area contributed by atoms with Crippen molar-refractivity contribution in [1.29, 1.82) is 0 Å². The number of H-pyrrole nitrogens is 1. The highest BCUT2D eigenvalue weighted by Crippen LogP contribution is 2.29. The lowest BCUT2D eigenvalue weighted by molar-refractivity contribution is -0.132. The van der Waals surface area contributed by atoms with Gasteiger partial charge in [0.1, 0.15) is 5.69 Å². The second-order valence-corrected chi connectivity index (χ2v) is 7.13. The molecule has 0 spiro atoms. The first-order valence-electron chi connectivity index (χ1n) is 10.1. The summed E-state index contributed by atoms with van der Waals surface area (Å²) < 4.78 is 10.7. The number of ether oxygens (including phenoxy) is 2. The van der Waals surface area contributed by atoms with Crippen molar-refractivity contribution in [2.24, 2.45) is 5.10 Å². The van der Waals surface area contributed by atoms with Crippen LogP contribution in [0.2, 0.25) is 0 Å². The highest BCUT2D eigenvalue weighted by atomic mass is 16.5. The molecule has 1 aliphatic heterocycles. The van der Waals surface area contributed by atoms with E-state index in [9.17, 15) is 9.59 Å². The number of amides is 2. The molecule has 2 aromatic carbocycles. The molecule has 0 atom stereocenters. The Kier molecular flexibility index (Phi) is 6.16. The minimum Gasteiger partial charge on any atom is -0.493 e. The van der Waals surface area contributed by atoms with Gasteiger partial charge < -0.3 is 19.8 Å². The van der Waals surface area contributed by atoms with E-state index in [0.717, 1.165) is 16.8 Å². The number of aromatic amines is 1. The summed E-state index contributed by atoms with van der Waals surface area (Å²) in [5.74, 6) is 0.811. The summed E-state index contributed by atoms with van der Waals surface area (Å²) in [7, 11) is 3.16. The van der Waals surface area contributed by atoms with E-state index in [2.05, 4.69) is 20.4 Å². The Hall–Kier alpha value is -4.14. The number of carbonyl (C=O) groups excluding carboxylic acids is 2. The number of hydrazone groups is 1. The number of methoxy groups -OCH3 is 2. The molecule has 2 heterocycles. The molecule has 0 unspecified atom stereocenters. The summed E-state index contributed by atoms with van der Waals surface area (Å²) >= 11 is 0. The Morgan fingerprint density at radius 1 is 1.12 bits per heavy atom. The third-order valence-electron chi connectivity index (χ3n) is 5.14. The minimum atomic E-state index is -0.335. The Labute approximate surface area is 185 Å². The highest BCUT2D eigenvalue weighted by Gasteiger charge is 2.23. The van der Waals surface area contributed by atoms with Crippen molar-refractivity contribution >= 4 is 23.2 Å². The Bertz CT molecular complexity index is 1160. The normalized spacial score (nSPS) is 13.5. The molecule has 3 aromatic rings. The summed E-state index contributed by atoms with van der Waals surface area (Å²) in [5.41, 5.74) is 3.29. The standard InChI is InChI=1S/C23H23N5O4/c1-31-20-9-7-15(11-21(20)32-2)18-8-10-22(29)28(27-18)13-16-5-3-4-6-17(16)26-23(30)19-12-24-14-25-19/h3-7,9,11-12,14H,8,10,13H2,1-2H3,(H,24,25)(H,26,30). The molecule has 2 amide bonds. The van der Waals surface area contributed by atoms with Crippen LogP contribution in [-0.4, -0.2) is 46.7 Å². The van der Waals surface area contributed by atoms with Crippen LogP contribution in [0.1, 0.15) is 34.5 Å². The van der Waals surface area contributed by atoms with Gasteiger partial charge >= 0.3 is 0 Å². The van der Waals surface area contributed by atoms with Crippen LogP contribution in [0.25, 0.3) is 0 Å². The number of imidazole rings is 1. The Balaban J connectivity index is 1.58. The molecule has 9 nitrogen and oxygen atoms in total. The lowest BCUT2D eigenvalue weighted by atomic mass is 10.0. The van der Waals surface area contributed by atoms with Crippen molar-refractivity contribution in [3.8, 4) is 11.5 Å². The van der Waals surface area contributed by atoms with Gasteiger partial charge in [0.05, 0.1) is 32.8 Å². The van der Waals surface area contributed by atoms with Crippen LogP contribution in [0, 0.1) is 0 Å². The van der Waals surface area contributed by atoms with Crippen molar-refractivity contribution in [3.63, 3.8) is 0 Å². The van der Waals surface area contributed by atoms with Crippen molar-refractivity contribution in [2.45, 2.75) is 19.4 Å². The van der Waals surface area contributed by atoms with E-state index in [1.165, 1.54) is 17.5 Å². The largest absolute Gasteiger partial charge is 0.493 e. The first-order chi connectivity index (χ1) is 15.6. The van der Waals surface area contributed by atoms with E-state index in [1.54, 1.807) is 20.3 Å².